The largest absolute Gasteiger partial charge is 0.396 e. The van der Waals surface area contributed by atoms with Crippen LogP contribution in [0, 0.1) is 0 Å². The first-order chi connectivity index (χ1) is 6.31. The molecule has 5 N–H and O–H groups in total. The van der Waals surface area contributed by atoms with Gasteiger partial charge >= 0.3 is 0 Å². The van der Waals surface area contributed by atoms with Crippen molar-refractivity contribution in [3.05, 3.63) is 29.1 Å². The van der Waals surface area contributed by atoms with E-state index in [0.717, 1.165) is 17.0 Å². The Bertz CT molecular complexity index is 276. The summed E-state index contributed by atoms with van der Waals surface area (Å²) >= 11 is 0. The van der Waals surface area contributed by atoms with Crippen LogP contribution in [0.15, 0.2) is 12.1 Å². The fourth-order valence-corrected chi connectivity index (χ4v) is 1.21. The van der Waals surface area contributed by atoms with Crippen LogP contribution in [0.4, 0.5) is 0 Å². The van der Waals surface area contributed by atoms with Gasteiger partial charge in [0.25, 0.3) is 0 Å². The number of aromatic nitrogens is 1. The lowest BCUT2D eigenvalue weighted by Gasteiger charge is -2.06. The highest BCUT2D eigenvalue weighted by Crippen LogP contribution is 2.07. The summed E-state index contributed by atoms with van der Waals surface area (Å²) in [5.74, 6) is 0. The van der Waals surface area contributed by atoms with Gasteiger partial charge < -0.3 is 16.6 Å². The number of aliphatic hydroxyl groups is 1. The van der Waals surface area contributed by atoms with E-state index in [2.05, 4.69) is 4.98 Å². The van der Waals surface area contributed by atoms with E-state index in [0.29, 0.717) is 19.5 Å². The van der Waals surface area contributed by atoms with Crippen LogP contribution >= 0.6 is 0 Å². The third-order valence-corrected chi connectivity index (χ3v) is 1.91. The van der Waals surface area contributed by atoms with E-state index in [1.165, 1.54) is 0 Å². The van der Waals surface area contributed by atoms with Crippen molar-refractivity contribution >= 4 is 0 Å². The Morgan fingerprint density at radius 2 is 2.00 bits per heavy atom. The van der Waals surface area contributed by atoms with Gasteiger partial charge in [-0.2, -0.15) is 0 Å². The lowest BCUT2D eigenvalue weighted by atomic mass is 10.1. The molecule has 0 atom stereocenters. The van der Waals surface area contributed by atoms with Gasteiger partial charge in [-0.05, 0) is 18.1 Å². The highest BCUT2D eigenvalue weighted by Gasteiger charge is 2.02. The molecule has 0 radical (unpaired) electrons. The lowest BCUT2D eigenvalue weighted by Crippen LogP contribution is -2.09. The molecule has 0 saturated heterocycles. The summed E-state index contributed by atoms with van der Waals surface area (Å²) < 4.78 is 0. The van der Waals surface area contributed by atoms with E-state index in [9.17, 15) is 0 Å². The maximum absolute atomic E-state index is 8.77. The Labute approximate surface area is 77.6 Å². The van der Waals surface area contributed by atoms with Crippen molar-refractivity contribution in [1.29, 1.82) is 0 Å². The zero-order valence-corrected chi connectivity index (χ0v) is 7.53. The molecule has 0 aliphatic rings. The minimum Gasteiger partial charge on any atom is -0.396 e. The Balaban J connectivity index is 2.93. The summed E-state index contributed by atoms with van der Waals surface area (Å²) in [6, 6.07) is 3.79. The molecule has 0 aromatic carbocycles. The summed E-state index contributed by atoms with van der Waals surface area (Å²) in [7, 11) is 0. The van der Waals surface area contributed by atoms with Crippen LogP contribution in [0.2, 0.25) is 0 Å². The van der Waals surface area contributed by atoms with Gasteiger partial charge in [-0.25, -0.2) is 0 Å². The molecule has 0 spiro atoms. The number of nitrogens with zero attached hydrogens (tertiary/aromatic N) is 1. The molecular weight excluding hydrogens is 166 g/mol. The molecule has 1 aromatic heterocycles. The zero-order chi connectivity index (χ0) is 9.68. The molecule has 72 valence electrons. The highest BCUT2D eigenvalue weighted by molar-refractivity contribution is 5.23. The van der Waals surface area contributed by atoms with Crippen LogP contribution in [0.1, 0.15) is 17.0 Å². The van der Waals surface area contributed by atoms with Gasteiger partial charge in [0.05, 0.1) is 11.4 Å². The third kappa shape index (κ3) is 2.48. The number of hydrogen-bond donors (Lipinski definition) is 3. The monoisotopic (exact) mass is 181 g/mol. The van der Waals surface area contributed by atoms with Crippen LogP contribution in [-0.2, 0) is 19.5 Å². The second-order valence-electron chi connectivity index (χ2n) is 2.79. The summed E-state index contributed by atoms with van der Waals surface area (Å²) in [6.07, 6.45) is 0.602. The molecule has 0 bridgehead atoms. The van der Waals surface area contributed by atoms with Gasteiger partial charge in [0, 0.05) is 19.7 Å². The number of hydrogen-bond acceptors (Lipinski definition) is 4. The molecule has 4 nitrogen and oxygen atoms in total. The summed E-state index contributed by atoms with van der Waals surface area (Å²) in [4.78, 5) is 4.27. The first-order valence-electron chi connectivity index (χ1n) is 4.30. The van der Waals surface area contributed by atoms with Gasteiger partial charge in [-0.1, -0.05) is 6.07 Å². The van der Waals surface area contributed by atoms with Crippen LogP contribution in [-0.4, -0.2) is 16.7 Å². The zero-order valence-electron chi connectivity index (χ0n) is 7.53. The van der Waals surface area contributed by atoms with E-state index in [1.807, 2.05) is 12.1 Å². The first-order valence-corrected chi connectivity index (χ1v) is 4.30. The van der Waals surface area contributed by atoms with Crippen molar-refractivity contribution in [2.75, 3.05) is 6.61 Å². The van der Waals surface area contributed by atoms with Crippen molar-refractivity contribution in [2.24, 2.45) is 11.5 Å². The van der Waals surface area contributed by atoms with Crippen LogP contribution in [0.3, 0.4) is 0 Å². The predicted molar refractivity (Wildman–Crippen MR) is 50.8 cm³/mol. The molecule has 4 heteroatoms. The number of rotatable bonds is 4. The Morgan fingerprint density at radius 1 is 1.23 bits per heavy atom. The predicted octanol–water partition coefficient (Wildman–Crippen LogP) is -0.466. The van der Waals surface area contributed by atoms with Gasteiger partial charge in [0.2, 0.25) is 0 Å². The smallest absolute Gasteiger partial charge is 0.0576 e. The molecule has 1 aromatic rings. The highest BCUT2D eigenvalue weighted by atomic mass is 16.2. The second kappa shape index (κ2) is 4.91. The number of nitrogens with two attached hydrogens (primary N) is 2. The number of aliphatic hydroxyl groups excluding tert-OH is 1. The Kier molecular flexibility index (Phi) is 3.82. The van der Waals surface area contributed by atoms with Crippen molar-refractivity contribution in [1.82, 2.24) is 4.98 Å². The second-order valence-corrected chi connectivity index (χ2v) is 2.79. The standard InChI is InChI=1S/C9H15N3O/c10-5-8-2-1-7(3-4-13)9(6-11)12-8/h1-2,13H,3-6,10-11H2. The Morgan fingerprint density at radius 3 is 2.54 bits per heavy atom. The van der Waals surface area contributed by atoms with Crippen LogP contribution < -0.4 is 11.5 Å². The molecule has 1 heterocycles. The molecule has 0 amide bonds. The van der Waals surface area contributed by atoms with Crippen LogP contribution in [0.25, 0.3) is 0 Å². The molecule has 0 fully saturated rings. The fraction of sp³-hybridized carbons (Fsp3) is 0.444. The lowest BCUT2D eigenvalue weighted by molar-refractivity contribution is 0.299. The summed E-state index contributed by atoms with van der Waals surface area (Å²) in [6.45, 7) is 0.937. The molecule has 13 heavy (non-hydrogen) atoms. The quantitative estimate of drug-likeness (QED) is 0.586. The first kappa shape index (κ1) is 10.1. The minimum absolute atomic E-state index is 0.122. The van der Waals surface area contributed by atoms with E-state index in [4.69, 9.17) is 16.6 Å². The maximum atomic E-state index is 8.77. The van der Waals surface area contributed by atoms with Crippen molar-refractivity contribution < 1.29 is 5.11 Å². The SMILES string of the molecule is NCc1ccc(CCO)c(CN)n1. The Hall–Kier alpha value is -0.970. The maximum Gasteiger partial charge on any atom is 0.0576 e. The van der Waals surface area contributed by atoms with Gasteiger partial charge in [-0.15, -0.1) is 0 Å². The molecule has 0 aliphatic heterocycles. The third-order valence-electron chi connectivity index (χ3n) is 1.91. The summed E-state index contributed by atoms with van der Waals surface area (Å²) in [5.41, 5.74) is 13.6. The van der Waals surface area contributed by atoms with E-state index in [1.54, 1.807) is 0 Å². The van der Waals surface area contributed by atoms with Gasteiger partial charge in [0.15, 0.2) is 0 Å². The molecule has 0 saturated carbocycles. The van der Waals surface area contributed by atoms with Crippen molar-refractivity contribution in [3.63, 3.8) is 0 Å². The van der Waals surface area contributed by atoms with E-state index >= 15 is 0 Å². The molecule has 0 unspecified atom stereocenters. The molecule has 0 aliphatic carbocycles. The normalized spacial score (nSPS) is 10.4. The molecular formula is C9H15N3O. The fourth-order valence-electron chi connectivity index (χ4n) is 1.21. The van der Waals surface area contributed by atoms with Gasteiger partial charge in [-0.3, -0.25) is 4.98 Å². The van der Waals surface area contributed by atoms with E-state index < -0.39 is 0 Å². The average Bonchev–Trinajstić information content (AvgIpc) is 2.19. The van der Waals surface area contributed by atoms with Crippen molar-refractivity contribution in [3.8, 4) is 0 Å². The minimum atomic E-state index is 0.122. The van der Waals surface area contributed by atoms with E-state index in [-0.39, 0.29) is 6.61 Å². The number of pyridine rings is 1. The van der Waals surface area contributed by atoms with Gasteiger partial charge in [0.1, 0.15) is 0 Å². The molecule has 1 rings (SSSR count). The van der Waals surface area contributed by atoms with Crippen molar-refractivity contribution in [2.45, 2.75) is 19.5 Å². The average molecular weight is 181 g/mol. The van der Waals surface area contributed by atoms with Crippen LogP contribution in [0.5, 0.6) is 0 Å². The topological polar surface area (TPSA) is 85.2 Å². The summed E-state index contributed by atoms with van der Waals surface area (Å²) in [5, 5.41) is 8.77.